The molecule has 0 atom stereocenters. The van der Waals surface area contributed by atoms with Crippen LogP contribution in [0, 0.1) is 0 Å². The number of hydrogen-bond donors (Lipinski definition) is 0. The second kappa shape index (κ2) is 16.2. The van der Waals surface area contributed by atoms with Gasteiger partial charge in [-0.3, -0.25) is 9.59 Å². The van der Waals surface area contributed by atoms with Gasteiger partial charge in [-0.1, -0.05) is 127 Å². The third kappa shape index (κ3) is 8.31. The number of unbranched alkanes of at least 4 members (excludes halogenated alkanes) is 10. The van der Waals surface area contributed by atoms with E-state index >= 15 is 0 Å². The van der Waals surface area contributed by atoms with Crippen LogP contribution in [0.1, 0.15) is 116 Å². The standard InChI is InChI=1S/C34H46O4/c1-4-7-9-11-13-15-24-30(35)37-33-27-21-17-18-22-28(27)34(32-26(6-3)20-19-23-29(32)33)38-31(36)25-16-14-12-10-8-5-2/h17-23H,4-16,24-25H2,1-3H3. The monoisotopic (exact) mass is 518 g/mol. The molecule has 0 N–H and O–H groups in total. The summed E-state index contributed by atoms with van der Waals surface area (Å²) in [5.41, 5.74) is 1.07. The highest BCUT2D eigenvalue weighted by molar-refractivity contribution is 6.13. The lowest BCUT2D eigenvalue weighted by Crippen LogP contribution is -2.11. The SMILES string of the molecule is CCCCCCCCC(=O)Oc1c2ccccc2c(OC(=O)CCCCCCCC)c2c(CC)cccc12. The van der Waals surface area contributed by atoms with E-state index in [0.717, 1.165) is 72.1 Å². The molecule has 38 heavy (non-hydrogen) atoms. The van der Waals surface area contributed by atoms with Crippen molar-refractivity contribution in [3.05, 3.63) is 48.0 Å². The van der Waals surface area contributed by atoms with Crippen molar-refractivity contribution >= 4 is 33.5 Å². The number of fused-ring (bicyclic) bond motifs is 2. The van der Waals surface area contributed by atoms with Gasteiger partial charge in [0.05, 0.1) is 0 Å². The first-order valence-electron chi connectivity index (χ1n) is 15.0. The Hall–Kier alpha value is -2.88. The molecule has 4 nitrogen and oxygen atoms in total. The summed E-state index contributed by atoms with van der Waals surface area (Å²) in [5, 5.41) is 3.29. The van der Waals surface area contributed by atoms with Crippen LogP contribution in [-0.2, 0) is 16.0 Å². The van der Waals surface area contributed by atoms with E-state index in [4.69, 9.17) is 9.47 Å². The molecular weight excluding hydrogens is 472 g/mol. The summed E-state index contributed by atoms with van der Waals surface area (Å²) >= 11 is 0. The molecule has 0 aliphatic heterocycles. The van der Waals surface area contributed by atoms with Crippen molar-refractivity contribution in [2.75, 3.05) is 0 Å². The molecule has 4 heteroatoms. The van der Waals surface area contributed by atoms with E-state index in [1.165, 1.54) is 38.5 Å². The molecule has 0 radical (unpaired) electrons. The maximum Gasteiger partial charge on any atom is 0.311 e. The summed E-state index contributed by atoms with van der Waals surface area (Å²) in [4.78, 5) is 25.9. The van der Waals surface area contributed by atoms with Gasteiger partial charge in [0.2, 0.25) is 0 Å². The Balaban J connectivity index is 1.85. The van der Waals surface area contributed by atoms with Crippen molar-refractivity contribution in [1.82, 2.24) is 0 Å². The first-order valence-corrected chi connectivity index (χ1v) is 15.0. The van der Waals surface area contributed by atoms with Crippen molar-refractivity contribution < 1.29 is 19.1 Å². The smallest absolute Gasteiger partial charge is 0.311 e. The van der Waals surface area contributed by atoms with Gasteiger partial charge in [-0.15, -0.1) is 0 Å². The molecule has 0 spiro atoms. The summed E-state index contributed by atoms with van der Waals surface area (Å²) < 4.78 is 12.2. The number of esters is 2. The third-order valence-corrected chi connectivity index (χ3v) is 7.32. The van der Waals surface area contributed by atoms with Gasteiger partial charge < -0.3 is 9.47 Å². The number of rotatable bonds is 17. The fourth-order valence-corrected chi connectivity index (χ4v) is 5.16. The molecule has 0 amide bonds. The molecule has 0 aromatic heterocycles. The Kier molecular flexibility index (Phi) is 12.6. The maximum atomic E-state index is 13.0. The minimum Gasteiger partial charge on any atom is -0.425 e. The Labute approximate surface area is 229 Å². The third-order valence-electron chi connectivity index (χ3n) is 7.32. The van der Waals surface area contributed by atoms with E-state index in [1.807, 2.05) is 36.4 Å². The van der Waals surface area contributed by atoms with Gasteiger partial charge in [0.1, 0.15) is 11.5 Å². The summed E-state index contributed by atoms with van der Waals surface area (Å²) in [6.07, 6.45) is 15.1. The second-order valence-electron chi connectivity index (χ2n) is 10.4. The van der Waals surface area contributed by atoms with Crippen LogP contribution in [0.4, 0.5) is 0 Å². The Morgan fingerprint density at radius 3 is 1.58 bits per heavy atom. The summed E-state index contributed by atoms with van der Waals surface area (Å²) in [6, 6.07) is 13.8. The molecular formula is C34H46O4. The Morgan fingerprint density at radius 2 is 1.03 bits per heavy atom. The van der Waals surface area contributed by atoms with Crippen LogP contribution >= 0.6 is 0 Å². The zero-order valence-electron chi connectivity index (χ0n) is 23.8. The molecule has 0 heterocycles. The van der Waals surface area contributed by atoms with Crippen LogP contribution in [0.25, 0.3) is 21.5 Å². The molecule has 0 unspecified atom stereocenters. The van der Waals surface area contributed by atoms with Crippen LogP contribution < -0.4 is 9.47 Å². The minimum absolute atomic E-state index is 0.203. The first kappa shape index (κ1) is 29.7. The molecule has 3 aromatic rings. The topological polar surface area (TPSA) is 52.6 Å². The Morgan fingerprint density at radius 1 is 0.553 bits per heavy atom. The van der Waals surface area contributed by atoms with E-state index in [0.29, 0.717) is 24.3 Å². The number of carbonyl (C=O) groups is 2. The van der Waals surface area contributed by atoms with Gasteiger partial charge >= 0.3 is 11.9 Å². The molecule has 0 aliphatic carbocycles. The van der Waals surface area contributed by atoms with Gasteiger partial charge in [0.25, 0.3) is 0 Å². The lowest BCUT2D eigenvalue weighted by atomic mass is 9.96. The molecule has 0 bridgehead atoms. The van der Waals surface area contributed by atoms with Crippen molar-refractivity contribution in [1.29, 1.82) is 0 Å². The Bertz CT molecular complexity index is 1180. The predicted octanol–water partition coefficient (Wildman–Crippen LogP) is 9.87. The lowest BCUT2D eigenvalue weighted by Gasteiger charge is -2.18. The van der Waals surface area contributed by atoms with Crippen LogP contribution in [0.2, 0.25) is 0 Å². The second-order valence-corrected chi connectivity index (χ2v) is 10.4. The molecule has 3 aromatic carbocycles. The molecule has 0 aliphatic rings. The minimum atomic E-state index is -0.207. The number of carbonyl (C=O) groups excluding carboxylic acids is 2. The van der Waals surface area contributed by atoms with Crippen LogP contribution in [0.3, 0.4) is 0 Å². The molecule has 0 saturated carbocycles. The predicted molar refractivity (Wildman–Crippen MR) is 158 cm³/mol. The fraction of sp³-hybridized carbons (Fsp3) is 0.529. The van der Waals surface area contributed by atoms with E-state index in [9.17, 15) is 9.59 Å². The number of hydrogen-bond acceptors (Lipinski definition) is 4. The maximum absolute atomic E-state index is 13.0. The van der Waals surface area contributed by atoms with Gasteiger partial charge in [-0.2, -0.15) is 0 Å². The largest absolute Gasteiger partial charge is 0.425 e. The van der Waals surface area contributed by atoms with Gasteiger partial charge in [-0.25, -0.2) is 0 Å². The van der Waals surface area contributed by atoms with E-state index < -0.39 is 0 Å². The van der Waals surface area contributed by atoms with Crippen LogP contribution in [-0.4, -0.2) is 11.9 Å². The quantitative estimate of drug-likeness (QED) is 0.0772. The van der Waals surface area contributed by atoms with Crippen molar-refractivity contribution in [2.24, 2.45) is 0 Å². The number of aryl methyl sites for hydroxylation is 1. The van der Waals surface area contributed by atoms with Gasteiger partial charge in [-0.05, 0) is 24.8 Å². The van der Waals surface area contributed by atoms with Gasteiger partial charge in [0, 0.05) is 34.4 Å². The molecule has 0 fully saturated rings. The lowest BCUT2D eigenvalue weighted by molar-refractivity contribution is -0.135. The van der Waals surface area contributed by atoms with Crippen molar-refractivity contribution in [2.45, 2.75) is 117 Å². The highest BCUT2D eigenvalue weighted by Gasteiger charge is 2.21. The fourth-order valence-electron chi connectivity index (χ4n) is 5.16. The summed E-state index contributed by atoms with van der Waals surface area (Å²) in [5.74, 6) is 0.740. The average molecular weight is 519 g/mol. The van der Waals surface area contributed by atoms with Gasteiger partial charge in [0.15, 0.2) is 0 Å². The average Bonchev–Trinajstić information content (AvgIpc) is 2.93. The van der Waals surface area contributed by atoms with Crippen molar-refractivity contribution in [3.8, 4) is 11.5 Å². The molecule has 206 valence electrons. The van der Waals surface area contributed by atoms with Crippen LogP contribution in [0.15, 0.2) is 42.5 Å². The highest BCUT2D eigenvalue weighted by atomic mass is 16.5. The summed E-state index contributed by atoms with van der Waals surface area (Å²) in [6.45, 7) is 6.51. The molecule has 0 saturated heterocycles. The summed E-state index contributed by atoms with van der Waals surface area (Å²) in [7, 11) is 0. The number of ether oxygens (including phenoxy) is 2. The first-order chi connectivity index (χ1) is 18.6. The van der Waals surface area contributed by atoms with E-state index in [1.54, 1.807) is 0 Å². The zero-order valence-corrected chi connectivity index (χ0v) is 23.8. The molecule has 3 rings (SSSR count). The van der Waals surface area contributed by atoms with Crippen molar-refractivity contribution in [3.63, 3.8) is 0 Å². The van der Waals surface area contributed by atoms with E-state index in [-0.39, 0.29) is 11.9 Å². The zero-order chi connectivity index (χ0) is 27.2. The van der Waals surface area contributed by atoms with E-state index in [2.05, 4.69) is 26.8 Å². The van der Waals surface area contributed by atoms with Crippen LogP contribution in [0.5, 0.6) is 11.5 Å². The normalized spacial score (nSPS) is 11.2. The number of benzene rings is 3. The highest BCUT2D eigenvalue weighted by Crippen LogP contribution is 2.44.